The molecule has 8 heteroatoms. The van der Waals surface area contributed by atoms with Crippen molar-refractivity contribution in [1.82, 2.24) is 15.3 Å². The fourth-order valence-electron chi connectivity index (χ4n) is 4.65. The van der Waals surface area contributed by atoms with Gasteiger partial charge in [-0.25, -0.2) is 14.2 Å². The van der Waals surface area contributed by atoms with Crippen molar-refractivity contribution in [2.24, 2.45) is 0 Å². The molecule has 1 fully saturated rings. The number of halogens is 1. The highest BCUT2D eigenvalue weighted by Crippen LogP contribution is 2.29. The lowest BCUT2D eigenvalue weighted by molar-refractivity contribution is 0.243. The third-order valence-corrected chi connectivity index (χ3v) is 6.43. The van der Waals surface area contributed by atoms with Crippen molar-refractivity contribution in [3.8, 4) is 0 Å². The van der Waals surface area contributed by atoms with Crippen molar-refractivity contribution in [3.63, 3.8) is 0 Å². The topological polar surface area (TPSA) is 82.2 Å². The van der Waals surface area contributed by atoms with E-state index in [9.17, 15) is 9.18 Å². The monoisotopic (exact) mass is 440 g/mol. The molecule has 0 radical (unpaired) electrons. The summed E-state index contributed by atoms with van der Waals surface area (Å²) in [5.74, 6) is 1.38. The molecule has 0 spiro atoms. The number of aromatic nitrogens is 2. The van der Waals surface area contributed by atoms with E-state index < -0.39 is 0 Å². The lowest BCUT2D eigenvalue weighted by Crippen LogP contribution is -2.42. The van der Waals surface area contributed by atoms with Crippen molar-refractivity contribution in [2.45, 2.75) is 70.4 Å². The molecule has 2 aromatic rings. The summed E-state index contributed by atoms with van der Waals surface area (Å²) in [5.41, 5.74) is 3.80. The number of aryl methyl sites for hydroxylation is 2. The van der Waals surface area contributed by atoms with Gasteiger partial charge in [0.2, 0.25) is 5.95 Å². The third kappa shape index (κ3) is 5.29. The molecule has 4 rings (SSSR count). The molecule has 2 amide bonds. The number of rotatable bonds is 5. The maximum atomic E-state index is 13.4. The van der Waals surface area contributed by atoms with Gasteiger partial charge in [0, 0.05) is 37.4 Å². The maximum Gasteiger partial charge on any atom is 0.319 e. The Morgan fingerprint density at radius 2 is 1.78 bits per heavy atom. The highest BCUT2D eigenvalue weighted by molar-refractivity contribution is 5.90. The van der Waals surface area contributed by atoms with Gasteiger partial charge in [0.1, 0.15) is 11.6 Å². The molecule has 1 aromatic carbocycles. The first-order valence-corrected chi connectivity index (χ1v) is 11.6. The highest BCUT2D eigenvalue weighted by atomic mass is 19.1. The molecule has 7 nitrogen and oxygen atoms in total. The number of fused-ring (bicyclic) bond motifs is 1. The number of carbonyl (C=O) groups is 1. The largest absolute Gasteiger partial charge is 0.362 e. The first kappa shape index (κ1) is 22.3. The predicted molar refractivity (Wildman–Crippen MR) is 126 cm³/mol. The van der Waals surface area contributed by atoms with Crippen LogP contribution in [0.25, 0.3) is 0 Å². The second-order valence-corrected chi connectivity index (χ2v) is 9.15. The summed E-state index contributed by atoms with van der Waals surface area (Å²) in [6.45, 7) is 1.84. The van der Waals surface area contributed by atoms with E-state index in [0.29, 0.717) is 17.7 Å². The highest BCUT2D eigenvalue weighted by Gasteiger charge is 2.25. The fraction of sp³-hybridized carbons (Fsp3) is 0.542. The number of nitrogens with zero attached hydrogens (tertiary/aromatic N) is 3. The van der Waals surface area contributed by atoms with Crippen LogP contribution >= 0.6 is 0 Å². The Labute approximate surface area is 189 Å². The molecule has 0 aliphatic heterocycles. The quantitative estimate of drug-likeness (QED) is 0.641. The van der Waals surface area contributed by atoms with Crippen molar-refractivity contribution in [3.05, 3.63) is 40.8 Å². The summed E-state index contributed by atoms with van der Waals surface area (Å²) in [4.78, 5) is 24.1. The Morgan fingerprint density at radius 3 is 2.53 bits per heavy atom. The summed E-state index contributed by atoms with van der Waals surface area (Å²) >= 11 is 0. The first-order valence-electron chi connectivity index (χ1n) is 11.6. The molecule has 1 aromatic heterocycles. The van der Waals surface area contributed by atoms with Crippen LogP contribution in [0.1, 0.15) is 55.3 Å². The number of hydrogen-bond acceptors (Lipinski definition) is 5. The Kier molecular flexibility index (Phi) is 6.77. The van der Waals surface area contributed by atoms with E-state index in [-0.39, 0.29) is 17.9 Å². The number of urea groups is 1. The standard InChI is InChI=1S/C24H33FN6O/c1-15-8-9-16(25)14-21(15)29-24(32)27-18-12-10-17(11-13-18)26-23-28-20-7-5-4-6-19(20)22(30-23)31(2)3/h8-9,14,17-18H,4-7,10-13H2,1-3H3,(H,26,28,30)(H2,27,29,32)/t17-,18+. The van der Waals surface area contributed by atoms with Crippen LogP contribution in [-0.2, 0) is 12.8 Å². The van der Waals surface area contributed by atoms with Crippen LogP contribution in [0.3, 0.4) is 0 Å². The van der Waals surface area contributed by atoms with Crippen LogP contribution in [0.2, 0.25) is 0 Å². The number of nitrogens with one attached hydrogen (secondary N) is 3. The lowest BCUT2D eigenvalue weighted by atomic mass is 9.91. The van der Waals surface area contributed by atoms with Crippen molar-refractivity contribution in [1.29, 1.82) is 0 Å². The summed E-state index contributed by atoms with van der Waals surface area (Å²) in [6.07, 6.45) is 8.07. The Morgan fingerprint density at radius 1 is 1.06 bits per heavy atom. The first-order chi connectivity index (χ1) is 15.4. The molecule has 1 heterocycles. The summed E-state index contributed by atoms with van der Waals surface area (Å²) < 4.78 is 13.4. The molecule has 0 unspecified atom stereocenters. The van der Waals surface area contributed by atoms with Gasteiger partial charge in [-0.15, -0.1) is 0 Å². The van der Waals surface area contributed by atoms with E-state index in [1.54, 1.807) is 6.07 Å². The minimum atomic E-state index is -0.362. The molecule has 0 saturated heterocycles. The Balaban J connectivity index is 1.31. The minimum Gasteiger partial charge on any atom is -0.362 e. The summed E-state index contributed by atoms with van der Waals surface area (Å²) in [6, 6.07) is 4.49. The lowest BCUT2D eigenvalue weighted by Gasteiger charge is -2.30. The van der Waals surface area contributed by atoms with Crippen LogP contribution in [0.15, 0.2) is 18.2 Å². The molecule has 32 heavy (non-hydrogen) atoms. The Bertz CT molecular complexity index is 971. The average Bonchev–Trinajstić information content (AvgIpc) is 2.77. The van der Waals surface area contributed by atoms with Gasteiger partial charge < -0.3 is 20.9 Å². The molecule has 2 aliphatic rings. The molecule has 172 valence electrons. The maximum absolute atomic E-state index is 13.4. The van der Waals surface area contributed by atoms with Gasteiger partial charge in [0.25, 0.3) is 0 Å². The van der Waals surface area contributed by atoms with Gasteiger partial charge in [0.05, 0.1) is 5.69 Å². The summed E-state index contributed by atoms with van der Waals surface area (Å²) in [7, 11) is 4.07. The van der Waals surface area contributed by atoms with E-state index in [2.05, 4.69) is 20.9 Å². The molecule has 3 N–H and O–H groups in total. The Hall–Kier alpha value is -2.90. The van der Waals surface area contributed by atoms with Crippen molar-refractivity contribution < 1.29 is 9.18 Å². The van der Waals surface area contributed by atoms with E-state index in [1.165, 1.54) is 36.2 Å². The second kappa shape index (κ2) is 9.71. The minimum absolute atomic E-state index is 0.101. The number of anilines is 3. The zero-order valence-electron chi connectivity index (χ0n) is 19.2. The third-order valence-electron chi connectivity index (χ3n) is 6.43. The molecule has 1 saturated carbocycles. The van der Waals surface area contributed by atoms with Crippen molar-refractivity contribution in [2.75, 3.05) is 29.6 Å². The van der Waals surface area contributed by atoms with Gasteiger partial charge >= 0.3 is 6.03 Å². The fourth-order valence-corrected chi connectivity index (χ4v) is 4.65. The van der Waals surface area contributed by atoms with Crippen LogP contribution in [0.4, 0.5) is 26.6 Å². The van der Waals surface area contributed by atoms with E-state index in [1.807, 2.05) is 21.0 Å². The molecule has 2 aliphatic carbocycles. The number of amides is 2. The van der Waals surface area contributed by atoms with Crippen molar-refractivity contribution >= 4 is 23.5 Å². The van der Waals surface area contributed by atoms with Crippen LogP contribution in [0.5, 0.6) is 0 Å². The van der Waals surface area contributed by atoms with E-state index >= 15 is 0 Å². The number of carbonyl (C=O) groups excluding carboxylic acids is 1. The second-order valence-electron chi connectivity index (χ2n) is 9.15. The predicted octanol–water partition coefficient (Wildman–Crippen LogP) is 4.41. The zero-order valence-corrected chi connectivity index (χ0v) is 19.2. The number of benzene rings is 1. The van der Waals surface area contributed by atoms with Gasteiger partial charge in [-0.1, -0.05) is 6.07 Å². The van der Waals surface area contributed by atoms with Crippen LogP contribution in [-0.4, -0.2) is 42.2 Å². The van der Waals surface area contributed by atoms with Crippen LogP contribution in [0, 0.1) is 12.7 Å². The molecule has 0 atom stereocenters. The molecule has 0 bridgehead atoms. The van der Waals surface area contributed by atoms with Gasteiger partial charge in [0.15, 0.2) is 0 Å². The van der Waals surface area contributed by atoms with Crippen LogP contribution < -0.4 is 20.9 Å². The average molecular weight is 441 g/mol. The SMILES string of the molecule is Cc1ccc(F)cc1NC(=O)N[C@H]1CC[C@@H](Nc2nc3c(c(N(C)C)n2)CCCC3)CC1. The molecular formula is C24H33FN6O. The van der Waals surface area contributed by atoms with E-state index in [0.717, 1.165) is 49.9 Å². The summed E-state index contributed by atoms with van der Waals surface area (Å²) in [5, 5.41) is 9.32. The van der Waals surface area contributed by atoms with Gasteiger partial charge in [-0.05, 0) is 76.0 Å². The smallest absolute Gasteiger partial charge is 0.319 e. The van der Waals surface area contributed by atoms with Gasteiger partial charge in [-0.2, -0.15) is 4.98 Å². The molecular weight excluding hydrogens is 407 g/mol. The van der Waals surface area contributed by atoms with Gasteiger partial charge in [-0.3, -0.25) is 0 Å². The van der Waals surface area contributed by atoms with E-state index in [4.69, 9.17) is 9.97 Å². The zero-order chi connectivity index (χ0) is 22.7. The normalized spacial score (nSPS) is 20.2. The number of hydrogen-bond donors (Lipinski definition) is 3.